The van der Waals surface area contributed by atoms with E-state index in [1.807, 2.05) is 42.1 Å². The number of carbonyl (C=O) groups is 2. The third-order valence-electron chi connectivity index (χ3n) is 4.50. The molecular formula is C16H18N2O3. The number of carboxylic acid groups (broad SMARTS) is 1. The second-order valence-electron chi connectivity index (χ2n) is 5.83. The summed E-state index contributed by atoms with van der Waals surface area (Å²) in [5.74, 6) is -1.05. The minimum atomic E-state index is -1.04. The number of hydrogen-bond acceptors (Lipinski definition) is 2. The fourth-order valence-electron chi connectivity index (χ4n) is 3.01. The van der Waals surface area contributed by atoms with Gasteiger partial charge in [0.25, 0.3) is 0 Å². The molecule has 1 aromatic carbocycles. The summed E-state index contributed by atoms with van der Waals surface area (Å²) < 4.78 is 1.99. The van der Waals surface area contributed by atoms with Crippen molar-refractivity contribution in [2.45, 2.75) is 25.3 Å². The maximum absolute atomic E-state index is 12.4. The van der Waals surface area contributed by atoms with E-state index < -0.39 is 11.5 Å². The molecule has 5 nitrogen and oxygen atoms in total. The van der Waals surface area contributed by atoms with Crippen LogP contribution in [0.1, 0.15) is 18.9 Å². The van der Waals surface area contributed by atoms with Crippen LogP contribution in [0.15, 0.2) is 30.5 Å². The molecule has 1 aliphatic rings. The molecule has 0 radical (unpaired) electrons. The van der Waals surface area contributed by atoms with E-state index in [-0.39, 0.29) is 12.3 Å². The minimum Gasteiger partial charge on any atom is -0.480 e. The molecule has 1 fully saturated rings. The monoisotopic (exact) mass is 286 g/mol. The molecule has 1 aliphatic heterocycles. The van der Waals surface area contributed by atoms with Crippen molar-refractivity contribution >= 4 is 22.8 Å². The minimum absolute atomic E-state index is 0.123. The summed E-state index contributed by atoms with van der Waals surface area (Å²) in [7, 11) is 1.95. The first-order valence-corrected chi connectivity index (χ1v) is 7.00. The molecule has 110 valence electrons. The van der Waals surface area contributed by atoms with Crippen LogP contribution in [0.4, 0.5) is 0 Å². The number of carboxylic acids is 1. The Kier molecular flexibility index (Phi) is 3.01. The van der Waals surface area contributed by atoms with E-state index in [0.717, 1.165) is 16.5 Å². The lowest BCUT2D eigenvalue weighted by Gasteiger charge is -2.47. The van der Waals surface area contributed by atoms with Crippen molar-refractivity contribution < 1.29 is 14.7 Å². The first-order valence-electron chi connectivity index (χ1n) is 7.00. The zero-order chi connectivity index (χ0) is 15.2. The Morgan fingerprint density at radius 3 is 2.67 bits per heavy atom. The predicted molar refractivity (Wildman–Crippen MR) is 79.0 cm³/mol. The molecule has 5 heteroatoms. The number of fused-ring (bicyclic) bond motifs is 1. The summed E-state index contributed by atoms with van der Waals surface area (Å²) in [6, 6.07) is 7.91. The van der Waals surface area contributed by atoms with Crippen LogP contribution in [0.2, 0.25) is 0 Å². The molecule has 2 heterocycles. The van der Waals surface area contributed by atoms with E-state index in [2.05, 4.69) is 0 Å². The van der Waals surface area contributed by atoms with Crippen LogP contribution in [-0.4, -0.2) is 38.5 Å². The Bertz CT molecular complexity index is 734. The second-order valence-corrected chi connectivity index (χ2v) is 5.83. The van der Waals surface area contributed by atoms with E-state index in [1.165, 1.54) is 4.90 Å². The number of para-hydroxylation sites is 1. The number of hydrogen-bond donors (Lipinski definition) is 1. The van der Waals surface area contributed by atoms with Crippen LogP contribution in [0.5, 0.6) is 0 Å². The smallest absolute Gasteiger partial charge is 0.329 e. The number of benzene rings is 1. The first kappa shape index (κ1) is 13.7. The van der Waals surface area contributed by atoms with Crippen molar-refractivity contribution in [3.05, 3.63) is 36.0 Å². The molecule has 2 aromatic rings. The Hall–Kier alpha value is -2.30. The van der Waals surface area contributed by atoms with Gasteiger partial charge in [-0.25, -0.2) is 4.79 Å². The Morgan fingerprint density at radius 2 is 2.05 bits per heavy atom. The van der Waals surface area contributed by atoms with Crippen LogP contribution in [-0.2, 0) is 23.1 Å². The molecule has 1 saturated heterocycles. The van der Waals surface area contributed by atoms with Gasteiger partial charge in [0, 0.05) is 30.7 Å². The number of aryl methyl sites for hydroxylation is 1. The van der Waals surface area contributed by atoms with Crippen molar-refractivity contribution in [3.8, 4) is 0 Å². The lowest BCUT2D eigenvalue weighted by Crippen LogP contribution is -2.64. The number of nitrogens with zero attached hydrogens (tertiary/aromatic N) is 2. The number of amides is 1. The summed E-state index contributed by atoms with van der Waals surface area (Å²) in [5, 5.41) is 10.3. The molecule has 0 aliphatic carbocycles. The maximum atomic E-state index is 12.4. The van der Waals surface area contributed by atoms with Crippen molar-refractivity contribution in [1.82, 2.24) is 9.47 Å². The van der Waals surface area contributed by atoms with Gasteiger partial charge in [-0.05, 0) is 25.0 Å². The highest BCUT2D eigenvalue weighted by atomic mass is 16.4. The second kappa shape index (κ2) is 4.62. The highest BCUT2D eigenvalue weighted by molar-refractivity contribution is 5.93. The molecule has 1 atom stereocenters. The molecule has 1 amide bonds. The van der Waals surface area contributed by atoms with Gasteiger partial charge in [0.05, 0.1) is 6.42 Å². The molecule has 3 rings (SSSR count). The summed E-state index contributed by atoms with van der Waals surface area (Å²) in [4.78, 5) is 25.2. The first-order chi connectivity index (χ1) is 9.93. The highest BCUT2D eigenvalue weighted by Crippen LogP contribution is 2.32. The Balaban J connectivity index is 1.86. The highest BCUT2D eigenvalue weighted by Gasteiger charge is 2.49. The van der Waals surface area contributed by atoms with Gasteiger partial charge in [-0.3, -0.25) is 4.79 Å². The predicted octanol–water partition coefficient (Wildman–Crippen LogP) is 1.80. The summed E-state index contributed by atoms with van der Waals surface area (Å²) in [5.41, 5.74) is 0.976. The van der Waals surface area contributed by atoms with Gasteiger partial charge in [-0.2, -0.15) is 0 Å². The van der Waals surface area contributed by atoms with Crippen LogP contribution in [0.25, 0.3) is 10.9 Å². The molecule has 21 heavy (non-hydrogen) atoms. The normalized spacial score (nSPS) is 21.3. The van der Waals surface area contributed by atoms with Crippen molar-refractivity contribution in [3.63, 3.8) is 0 Å². The quantitative estimate of drug-likeness (QED) is 0.935. The van der Waals surface area contributed by atoms with Crippen LogP contribution >= 0.6 is 0 Å². The van der Waals surface area contributed by atoms with Crippen LogP contribution < -0.4 is 0 Å². The fourth-order valence-corrected chi connectivity index (χ4v) is 3.01. The van der Waals surface area contributed by atoms with Gasteiger partial charge < -0.3 is 14.6 Å². The standard InChI is InChI=1S/C16H18N2O3/c1-16(15(20)21)7-8-18(16)14(19)9-11-10-17(2)13-6-4-3-5-12(11)13/h3-6,10H,7-9H2,1-2H3,(H,20,21). The van der Waals surface area contributed by atoms with Crippen LogP contribution in [0, 0.1) is 0 Å². The Labute approximate surface area is 122 Å². The van der Waals surface area contributed by atoms with Crippen LogP contribution in [0.3, 0.4) is 0 Å². The number of likely N-dealkylation sites (tertiary alicyclic amines) is 1. The topological polar surface area (TPSA) is 62.5 Å². The molecule has 1 aromatic heterocycles. The summed E-state index contributed by atoms with van der Waals surface area (Å²) in [6.45, 7) is 2.13. The molecular weight excluding hydrogens is 268 g/mol. The van der Waals surface area contributed by atoms with E-state index in [9.17, 15) is 14.7 Å². The lowest BCUT2D eigenvalue weighted by atomic mass is 9.86. The van der Waals surface area contributed by atoms with Gasteiger partial charge in [-0.1, -0.05) is 18.2 Å². The molecule has 0 spiro atoms. The van der Waals surface area contributed by atoms with Crippen molar-refractivity contribution in [2.24, 2.45) is 7.05 Å². The zero-order valence-electron chi connectivity index (χ0n) is 12.2. The number of carbonyl (C=O) groups excluding carboxylic acids is 1. The van der Waals surface area contributed by atoms with Crippen molar-refractivity contribution in [2.75, 3.05) is 6.54 Å². The average Bonchev–Trinajstić information content (AvgIpc) is 2.73. The van der Waals surface area contributed by atoms with Gasteiger partial charge in [-0.15, -0.1) is 0 Å². The third kappa shape index (κ3) is 2.00. The lowest BCUT2D eigenvalue weighted by molar-refractivity contribution is -0.168. The van der Waals surface area contributed by atoms with E-state index in [0.29, 0.717) is 13.0 Å². The van der Waals surface area contributed by atoms with E-state index >= 15 is 0 Å². The van der Waals surface area contributed by atoms with E-state index in [1.54, 1.807) is 6.92 Å². The average molecular weight is 286 g/mol. The summed E-state index contributed by atoms with van der Waals surface area (Å²) in [6.07, 6.45) is 2.70. The molecule has 1 unspecified atom stereocenters. The zero-order valence-corrected chi connectivity index (χ0v) is 12.2. The largest absolute Gasteiger partial charge is 0.480 e. The number of aromatic nitrogens is 1. The molecule has 0 saturated carbocycles. The fraction of sp³-hybridized carbons (Fsp3) is 0.375. The molecule has 0 bridgehead atoms. The number of aliphatic carboxylic acids is 1. The van der Waals surface area contributed by atoms with E-state index in [4.69, 9.17) is 0 Å². The van der Waals surface area contributed by atoms with Gasteiger partial charge in [0.1, 0.15) is 5.54 Å². The summed E-state index contributed by atoms with van der Waals surface area (Å²) >= 11 is 0. The van der Waals surface area contributed by atoms with Gasteiger partial charge >= 0.3 is 5.97 Å². The Morgan fingerprint density at radius 1 is 1.33 bits per heavy atom. The van der Waals surface area contributed by atoms with Gasteiger partial charge in [0.15, 0.2) is 0 Å². The third-order valence-corrected chi connectivity index (χ3v) is 4.50. The van der Waals surface area contributed by atoms with Crippen molar-refractivity contribution in [1.29, 1.82) is 0 Å². The van der Waals surface area contributed by atoms with Gasteiger partial charge in [0.2, 0.25) is 5.91 Å². The SMILES string of the molecule is Cn1cc(CC(=O)N2CCC2(C)C(=O)O)c2ccccc21. The maximum Gasteiger partial charge on any atom is 0.329 e. The number of rotatable bonds is 3. The molecule has 1 N–H and O–H groups in total.